The van der Waals surface area contributed by atoms with Crippen molar-refractivity contribution in [3.05, 3.63) is 24.3 Å². The van der Waals surface area contributed by atoms with Crippen molar-refractivity contribution in [3.8, 4) is 5.75 Å². The number of phenolic OH excluding ortho intramolecular Hbond substituents is 1. The topological polar surface area (TPSA) is 75.4 Å². The molecule has 0 fully saturated rings. The zero-order valence-corrected chi connectivity index (χ0v) is 8.57. The van der Waals surface area contributed by atoms with E-state index in [1.165, 1.54) is 12.1 Å². The number of aromatic hydroxyl groups is 1. The van der Waals surface area contributed by atoms with Crippen LogP contribution in [-0.2, 0) is 4.79 Å². The normalized spacial score (nSPS) is 9.93. The summed E-state index contributed by atoms with van der Waals surface area (Å²) in [4.78, 5) is 11.4. The third-order valence-corrected chi connectivity index (χ3v) is 2.01. The highest BCUT2D eigenvalue weighted by Gasteiger charge is 2.01. The molecule has 0 aliphatic rings. The SMILES string of the molecule is NCCCCC(=O)Nc1ccc(O)cc1. The number of unbranched alkanes of at least 4 members (excludes halogenated alkanes) is 1. The summed E-state index contributed by atoms with van der Waals surface area (Å²) < 4.78 is 0. The number of nitrogens with two attached hydrogens (primary N) is 1. The first-order valence-corrected chi connectivity index (χ1v) is 5.01. The van der Waals surface area contributed by atoms with Crippen LogP contribution in [0.5, 0.6) is 5.75 Å². The van der Waals surface area contributed by atoms with Crippen molar-refractivity contribution < 1.29 is 9.90 Å². The Bertz CT molecular complexity index is 309. The molecule has 0 aliphatic heterocycles. The van der Waals surface area contributed by atoms with Gasteiger partial charge in [0.05, 0.1) is 0 Å². The molecule has 4 N–H and O–H groups in total. The molecule has 0 bridgehead atoms. The number of carbonyl (C=O) groups is 1. The maximum Gasteiger partial charge on any atom is 0.224 e. The van der Waals surface area contributed by atoms with Crippen molar-refractivity contribution in [2.75, 3.05) is 11.9 Å². The van der Waals surface area contributed by atoms with E-state index in [1.54, 1.807) is 12.1 Å². The van der Waals surface area contributed by atoms with Crippen LogP contribution in [0.3, 0.4) is 0 Å². The van der Waals surface area contributed by atoms with Crippen molar-refractivity contribution in [2.45, 2.75) is 19.3 Å². The number of rotatable bonds is 5. The van der Waals surface area contributed by atoms with E-state index in [0.717, 1.165) is 12.8 Å². The van der Waals surface area contributed by atoms with Crippen molar-refractivity contribution in [2.24, 2.45) is 5.73 Å². The molecule has 1 aromatic rings. The van der Waals surface area contributed by atoms with Gasteiger partial charge in [0.15, 0.2) is 0 Å². The fraction of sp³-hybridized carbons (Fsp3) is 0.364. The fourth-order valence-electron chi connectivity index (χ4n) is 1.20. The molecule has 0 aromatic heterocycles. The molecule has 1 amide bonds. The Hall–Kier alpha value is -1.55. The van der Waals surface area contributed by atoms with Gasteiger partial charge in [0, 0.05) is 12.1 Å². The first-order chi connectivity index (χ1) is 7.22. The van der Waals surface area contributed by atoms with Gasteiger partial charge in [-0.1, -0.05) is 0 Å². The third-order valence-electron chi connectivity index (χ3n) is 2.01. The van der Waals surface area contributed by atoms with Gasteiger partial charge in [0.2, 0.25) is 5.91 Å². The minimum absolute atomic E-state index is 0.0193. The van der Waals surface area contributed by atoms with E-state index in [9.17, 15) is 4.79 Å². The molecule has 4 nitrogen and oxygen atoms in total. The lowest BCUT2D eigenvalue weighted by Crippen LogP contribution is -2.11. The maximum atomic E-state index is 11.4. The van der Waals surface area contributed by atoms with Gasteiger partial charge in [0.1, 0.15) is 5.75 Å². The van der Waals surface area contributed by atoms with Crippen molar-refractivity contribution in [3.63, 3.8) is 0 Å². The third kappa shape index (κ3) is 4.46. The second kappa shape index (κ2) is 6.03. The summed E-state index contributed by atoms with van der Waals surface area (Å²) >= 11 is 0. The van der Waals surface area contributed by atoms with E-state index in [1.807, 2.05) is 0 Å². The monoisotopic (exact) mass is 208 g/mol. The summed E-state index contributed by atoms with van der Waals surface area (Å²) in [7, 11) is 0. The van der Waals surface area contributed by atoms with Crippen LogP contribution in [0.25, 0.3) is 0 Å². The quantitative estimate of drug-likeness (QED) is 0.506. The largest absolute Gasteiger partial charge is 0.508 e. The molecule has 1 aromatic carbocycles. The van der Waals surface area contributed by atoms with Crippen LogP contribution in [0, 0.1) is 0 Å². The molecule has 0 unspecified atom stereocenters. The average molecular weight is 208 g/mol. The molecule has 0 atom stereocenters. The number of nitrogens with one attached hydrogen (secondary N) is 1. The summed E-state index contributed by atoms with van der Waals surface area (Å²) in [5, 5.41) is 11.8. The summed E-state index contributed by atoms with van der Waals surface area (Å²) in [5.41, 5.74) is 6.02. The van der Waals surface area contributed by atoms with Gasteiger partial charge in [0.25, 0.3) is 0 Å². The van der Waals surface area contributed by atoms with E-state index in [4.69, 9.17) is 10.8 Å². The van der Waals surface area contributed by atoms with Gasteiger partial charge >= 0.3 is 0 Å². The second-order valence-electron chi connectivity index (χ2n) is 3.34. The van der Waals surface area contributed by atoms with Gasteiger partial charge in [-0.15, -0.1) is 0 Å². The Morgan fingerprint density at radius 1 is 1.27 bits per heavy atom. The van der Waals surface area contributed by atoms with Gasteiger partial charge < -0.3 is 16.2 Å². The minimum Gasteiger partial charge on any atom is -0.508 e. The van der Waals surface area contributed by atoms with Crippen LogP contribution in [0.1, 0.15) is 19.3 Å². The summed E-state index contributed by atoms with van der Waals surface area (Å²) in [6, 6.07) is 6.40. The van der Waals surface area contributed by atoms with Gasteiger partial charge in [-0.2, -0.15) is 0 Å². The lowest BCUT2D eigenvalue weighted by molar-refractivity contribution is -0.116. The van der Waals surface area contributed by atoms with E-state index in [-0.39, 0.29) is 11.7 Å². The zero-order valence-electron chi connectivity index (χ0n) is 8.57. The molecule has 0 saturated carbocycles. The Labute approximate surface area is 89.1 Å². The Balaban J connectivity index is 2.34. The van der Waals surface area contributed by atoms with Gasteiger partial charge in [-0.25, -0.2) is 0 Å². The molecule has 0 heterocycles. The number of benzene rings is 1. The number of hydrogen-bond acceptors (Lipinski definition) is 3. The predicted octanol–water partition coefficient (Wildman–Crippen LogP) is 1.46. The second-order valence-corrected chi connectivity index (χ2v) is 3.34. The van der Waals surface area contributed by atoms with Crippen LogP contribution in [-0.4, -0.2) is 17.6 Å². The molecule has 0 saturated heterocycles. The minimum atomic E-state index is -0.0193. The fourth-order valence-corrected chi connectivity index (χ4v) is 1.20. The van der Waals surface area contributed by atoms with Crippen LogP contribution in [0.2, 0.25) is 0 Å². The van der Waals surface area contributed by atoms with Crippen molar-refractivity contribution in [1.29, 1.82) is 0 Å². The van der Waals surface area contributed by atoms with Crippen molar-refractivity contribution in [1.82, 2.24) is 0 Å². The van der Waals surface area contributed by atoms with E-state index in [2.05, 4.69) is 5.32 Å². The molecule has 0 spiro atoms. The highest BCUT2D eigenvalue weighted by molar-refractivity contribution is 5.90. The summed E-state index contributed by atoms with van der Waals surface area (Å²) in [5.74, 6) is 0.172. The smallest absolute Gasteiger partial charge is 0.224 e. The molecule has 15 heavy (non-hydrogen) atoms. The molecular formula is C11H16N2O2. The van der Waals surface area contributed by atoms with E-state index < -0.39 is 0 Å². The maximum absolute atomic E-state index is 11.4. The highest BCUT2D eigenvalue weighted by Crippen LogP contribution is 2.13. The van der Waals surface area contributed by atoms with E-state index >= 15 is 0 Å². The lowest BCUT2D eigenvalue weighted by atomic mass is 10.2. The summed E-state index contributed by atoms with van der Waals surface area (Å²) in [6.07, 6.45) is 2.15. The number of hydrogen-bond donors (Lipinski definition) is 3. The number of phenols is 1. The first-order valence-electron chi connectivity index (χ1n) is 5.01. The van der Waals surface area contributed by atoms with Gasteiger partial charge in [-0.3, -0.25) is 4.79 Å². The van der Waals surface area contributed by atoms with Crippen LogP contribution in [0.15, 0.2) is 24.3 Å². The van der Waals surface area contributed by atoms with Crippen LogP contribution < -0.4 is 11.1 Å². The zero-order chi connectivity index (χ0) is 11.1. The number of amides is 1. The molecule has 0 aliphatic carbocycles. The Morgan fingerprint density at radius 2 is 1.93 bits per heavy atom. The van der Waals surface area contributed by atoms with Crippen molar-refractivity contribution >= 4 is 11.6 Å². The van der Waals surface area contributed by atoms with Crippen LogP contribution in [0.4, 0.5) is 5.69 Å². The predicted molar refractivity (Wildman–Crippen MR) is 59.6 cm³/mol. The molecular weight excluding hydrogens is 192 g/mol. The number of carbonyl (C=O) groups excluding carboxylic acids is 1. The lowest BCUT2D eigenvalue weighted by Gasteiger charge is -2.04. The molecule has 4 heteroatoms. The molecule has 0 radical (unpaired) electrons. The molecule has 82 valence electrons. The summed E-state index contributed by atoms with van der Waals surface area (Å²) in [6.45, 7) is 0.618. The van der Waals surface area contributed by atoms with Gasteiger partial charge in [-0.05, 0) is 43.7 Å². The van der Waals surface area contributed by atoms with E-state index in [0.29, 0.717) is 18.7 Å². The molecule has 1 rings (SSSR count). The first kappa shape index (κ1) is 11.5. The highest BCUT2D eigenvalue weighted by atomic mass is 16.3. The Kier molecular flexibility index (Phi) is 4.63. The average Bonchev–Trinajstić information content (AvgIpc) is 2.22. The standard InChI is InChI=1S/C11H16N2O2/c12-8-2-1-3-11(15)13-9-4-6-10(14)7-5-9/h4-7,14H,1-3,8,12H2,(H,13,15). The Morgan fingerprint density at radius 3 is 2.53 bits per heavy atom. The number of anilines is 1. The van der Waals surface area contributed by atoms with Crippen LogP contribution >= 0.6 is 0 Å².